The largest absolute Gasteiger partial charge is 0.478 e. The fourth-order valence-corrected chi connectivity index (χ4v) is 3.23. The number of carboxylic acids is 2. The predicted molar refractivity (Wildman–Crippen MR) is 102 cm³/mol. The van der Waals surface area contributed by atoms with Gasteiger partial charge < -0.3 is 19.9 Å². The van der Waals surface area contributed by atoms with E-state index in [-0.39, 0.29) is 22.3 Å². The Hall–Kier alpha value is -3.51. The van der Waals surface area contributed by atoms with Gasteiger partial charge in [-0.25, -0.2) is 9.59 Å². The smallest absolute Gasteiger partial charge is 0.339 e. The zero-order valence-corrected chi connectivity index (χ0v) is 14.4. The van der Waals surface area contributed by atoms with Gasteiger partial charge in [-0.3, -0.25) is 0 Å². The second kappa shape index (κ2) is 6.34. The van der Waals surface area contributed by atoms with Crippen molar-refractivity contribution in [3.63, 3.8) is 0 Å². The van der Waals surface area contributed by atoms with Crippen molar-refractivity contribution < 1.29 is 24.2 Å². The van der Waals surface area contributed by atoms with Crippen molar-refractivity contribution in [2.75, 3.05) is 5.32 Å². The first-order chi connectivity index (χ1) is 13.0. The number of anilines is 2. The number of para-hydroxylation sites is 2. The molecule has 0 bridgehead atoms. The van der Waals surface area contributed by atoms with Crippen LogP contribution in [0.3, 0.4) is 0 Å². The molecule has 0 spiro atoms. The third kappa shape index (κ3) is 2.76. The van der Waals surface area contributed by atoms with Crippen LogP contribution in [0.1, 0.15) is 20.7 Å². The number of furan rings is 1. The minimum atomic E-state index is -1.17. The van der Waals surface area contributed by atoms with Gasteiger partial charge in [-0.1, -0.05) is 35.9 Å². The zero-order valence-electron chi connectivity index (χ0n) is 13.7. The Kier molecular flexibility index (Phi) is 3.97. The van der Waals surface area contributed by atoms with E-state index in [2.05, 4.69) is 5.32 Å². The van der Waals surface area contributed by atoms with E-state index in [1.807, 2.05) is 6.07 Å². The summed E-state index contributed by atoms with van der Waals surface area (Å²) in [6.07, 6.45) is 0. The standard InChI is InChI=1S/C20H12ClNO5/c21-13-6-1-2-7-14(13)22-15-9-8-12(20(25)26)18-16(15)10-4-3-5-11(19(23)24)17(10)27-18/h1-9,22H,(H,23,24)(H,25,26). The summed E-state index contributed by atoms with van der Waals surface area (Å²) in [7, 11) is 0. The van der Waals surface area contributed by atoms with Gasteiger partial charge in [-0.15, -0.1) is 0 Å². The van der Waals surface area contributed by atoms with E-state index in [0.29, 0.717) is 27.2 Å². The van der Waals surface area contributed by atoms with Crippen molar-refractivity contribution in [1.29, 1.82) is 0 Å². The molecule has 0 fully saturated rings. The number of fused-ring (bicyclic) bond motifs is 3. The molecule has 27 heavy (non-hydrogen) atoms. The second-order valence-corrected chi connectivity index (χ2v) is 6.27. The highest BCUT2D eigenvalue weighted by atomic mass is 35.5. The monoisotopic (exact) mass is 381 g/mol. The van der Waals surface area contributed by atoms with E-state index in [1.54, 1.807) is 36.4 Å². The molecule has 3 aromatic carbocycles. The van der Waals surface area contributed by atoms with E-state index in [1.165, 1.54) is 12.1 Å². The van der Waals surface area contributed by atoms with Crippen LogP contribution in [0.4, 0.5) is 11.4 Å². The summed E-state index contributed by atoms with van der Waals surface area (Å²) in [4.78, 5) is 23.1. The molecule has 0 amide bonds. The first-order valence-electron chi connectivity index (χ1n) is 7.93. The van der Waals surface area contributed by atoms with Crippen LogP contribution in [0.25, 0.3) is 21.9 Å². The molecular weight excluding hydrogens is 370 g/mol. The number of benzene rings is 3. The summed E-state index contributed by atoms with van der Waals surface area (Å²) in [6, 6.07) is 14.8. The third-order valence-electron chi connectivity index (χ3n) is 4.25. The number of carboxylic acid groups (broad SMARTS) is 2. The lowest BCUT2D eigenvalue weighted by Crippen LogP contribution is -1.98. The average Bonchev–Trinajstić information content (AvgIpc) is 3.03. The normalized spacial score (nSPS) is 11.0. The van der Waals surface area contributed by atoms with E-state index in [9.17, 15) is 19.8 Å². The first-order valence-corrected chi connectivity index (χ1v) is 8.31. The van der Waals surface area contributed by atoms with Crippen LogP contribution in [0.5, 0.6) is 0 Å². The molecule has 0 aliphatic heterocycles. The van der Waals surface area contributed by atoms with Crippen LogP contribution in [0.15, 0.2) is 59.0 Å². The molecule has 0 saturated carbocycles. The van der Waals surface area contributed by atoms with E-state index in [0.717, 1.165) is 0 Å². The molecule has 1 heterocycles. The van der Waals surface area contributed by atoms with Gasteiger partial charge in [0.05, 0.1) is 21.8 Å². The summed E-state index contributed by atoms with van der Waals surface area (Å²) in [5.74, 6) is -2.32. The Morgan fingerprint density at radius 2 is 1.52 bits per heavy atom. The maximum absolute atomic E-state index is 11.6. The molecule has 0 aliphatic carbocycles. The molecule has 7 heteroatoms. The predicted octanol–water partition coefficient (Wildman–Crippen LogP) is 5.38. The molecule has 0 radical (unpaired) electrons. The van der Waals surface area contributed by atoms with Crippen LogP contribution < -0.4 is 5.32 Å². The van der Waals surface area contributed by atoms with Crippen molar-refractivity contribution in [3.8, 4) is 0 Å². The van der Waals surface area contributed by atoms with Gasteiger partial charge in [0, 0.05) is 5.39 Å². The summed E-state index contributed by atoms with van der Waals surface area (Å²) in [5.41, 5.74) is 1.32. The molecular formula is C20H12ClNO5. The Labute approximate surface area is 157 Å². The number of aromatic carboxylic acids is 2. The minimum Gasteiger partial charge on any atom is -0.478 e. The average molecular weight is 382 g/mol. The topological polar surface area (TPSA) is 99.8 Å². The number of halogens is 1. The van der Waals surface area contributed by atoms with Gasteiger partial charge in [0.25, 0.3) is 0 Å². The summed E-state index contributed by atoms with van der Waals surface area (Å²) >= 11 is 6.21. The number of hydrogen-bond acceptors (Lipinski definition) is 4. The Morgan fingerprint density at radius 3 is 2.22 bits per heavy atom. The lowest BCUT2D eigenvalue weighted by atomic mass is 10.0. The Bertz CT molecular complexity index is 1230. The number of hydrogen-bond donors (Lipinski definition) is 3. The fourth-order valence-electron chi connectivity index (χ4n) is 3.05. The fraction of sp³-hybridized carbons (Fsp3) is 0. The van der Waals surface area contributed by atoms with Crippen molar-refractivity contribution in [3.05, 3.63) is 70.7 Å². The van der Waals surface area contributed by atoms with Gasteiger partial charge in [0.2, 0.25) is 0 Å². The number of rotatable bonds is 4. The van der Waals surface area contributed by atoms with E-state index in [4.69, 9.17) is 16.0 Å². The SMILES string of the molecule is O=C(O)c1cccc2c1oc1c(C(=O)O)ccc(Nc3ccccc3Cl)c12. The maximum Gasteiger partial charge on any atom is 0.339 e. The molecule has 0 unspecified atom stereocenters. The van der Waals surface area contributed by atoms with E-state index >= 15 is 0 Å². The van der Waals surface area contributed by atoms with Gasteiger partial charge in [-0.2, -0.15) is 0 Å². The molecule has 6 nitrogen and oxygen atoms in total. The van der Waals surface area contributed by atoms with Crippen LogP contribution >= 0.6 is 11.6 Å². The van der Waals surface area contributed by atoms with Crippen LogP contribution in [0.2, 0.25) is 5.02 Å². The quantitative estimate of drug-likeness (QED) is 0.439. The van der Waals surface area contributed by atoms with Crippen LogP contribution in [-0.4, -0.2) is 22.2 Å². The molecule has 134 valence electrons. The van der Waals surface area contributed by atoms with Crippen molar-refractivity contribution in [2.24, 2.45) is 0 Å². The Morgan fingerprint density at radius 1 is 0.815 bits per heavy atom. The molecule has 0 atom stereocenters. The molecule has 4 aromatic rings. The highest BCUT2D eigenvalue weighted by Crippen LogP contribution is 2.39. The van der Waals surface area contributed by atoms with Crippen molar-refractivity contribution in [2.45, 2.75) is 0 Å². The zero-order chi connectivity index (χ0) is 19.1. The third-order valence-corrected chi connectivity index (χ3v) is 4.58. The van der Waals surface area contributed by atoms with E-state index < -0.39 is 11.9 Å². The summed E-state index contributed by atoms with van der Waals surface area (Å²) in [6.45, 7) is 0. The molecule has 3 N–H and O–H groups in total. The highest BCUT2D eigenvalue weighted by Gasteiger charge is 2.22. The van der Waals surface area contributed by atoms with Crippen LogP contribution in [0, 0.1) is 0 Å². The van der Waals surface area contributed by atoms with Crippen LogP contribution in [-0.2, 0) is 0 Å². The molecule has 4 rings (SSSR count). The second-order valence-electron chi connectivity index (χ2n) is 5.86. The van der Waals surface area contributed by atoms with Crippen molar-refractivity contribution >= 4 is 56.9 Å². The molecule has 1 aromatic heterocycles. The van der Waals surface area contributed by atoms with Crippen molar-refractivity contribution in [1.82, 2.24) is 0 Å². The maximum atomic E-state index is 11.6. The first kappa shape index (κ1) is 16.9. The van der Waals surface area contributed by atoms with Gasteiger partial charge in [0.15, 0.2) is 5.58 Å². The lowest BCUT2D eigenvalue weighted by molar-refractivity contribution is 0.0688. The molecule has 0 aliphatic rings. The van der Waals surface area contributed by atoms with Gasteiger partial charge in [-0.05, 0) is 30.3 Å². The number of carbonyl (C=O) groups is 2. The molecule has 0 saturated heterocycles. The van der Waals surface area contributed by atoms with Gasteiger partial charge in [0.1, 0.15) is 16.7 Å². The number of nitrogens with one attached hydrogen (secondary N) is 1. The van der Waals surface area contributed by atoms with Gasteiger partial charge >= 0.3 is 11.9 Å². The summed E-state index contributed by atoms with van der Waals surface area (Å²) < 4.78 is 5.71. The highest BCUT2D eigenvalue weighted by molar-refractivity contribution is 6.33. The Balaban J connectivity index is 2.06. The minimum absolute atomic E-state index is 0.0382. The lowest BCUT2D eigenvalue weighted by Gasteiger charge is -2.10. The summed E-state index contributed by atoms with van der Waals surface area (Å²) in [5, 5.41) is 23.6.